The third kappa shape index (κ3) is 2.49. The quantitative estimate of drug-likeness (QED) is 0.741. The zero-order chi connectivity index (χ0) is 20.3. The molecule has 2 saturated heterocycles. The SMILES string of the molecule is CSCC[C@H]1N[C@]2(C(=O)Nc3c(C)cccc32)[C@@H]2C(=O)N(C3CCCC3)C(=O)[C@@H]21. The monoisotopic (exact) mass is 413 g/mol. The second-order valence-electron chi connectivity index (χ2n) is 8.78. The van der Waals surface area contributed by atoms with Crippen molar-refractivity contribution in [2.75, 3.05) is 17.3 Å². The van der Waals surface area contributed by atoms with E-state index in [9.17, 15) is 14.4 Å². The van der Waals surface area contributed by atoms with E-state index in [4.69, 9.17) is 0 Å². The standard InChI is InChI=1S/C22H27N3O3S/c1-12-6-5-9-14-18(12)23-21(28)22(14)17-16(15(24-22)10-11-29-2)19(26)25(20(17)27)13-7-3-4-8-13/h5-6,9,13,15-17,24H,3-4,7-8,10-11H2,1-2H3,(H,23,28)/t15-,16-,17+,22+/m1/s1. The van der Waals surface area contributed by atoms with E-state index < -0.39 is 17.4 Å². The van der Waals surface area contributed by atoms with Gasteiger partial charge in [0.1, 0.15) is 5.54 Å². The van der Waals surface area contributed by atoms with Gasteiger partial charge in [-0.25, -0.2) is 0 Å². The molecular formula is C22H27N3O3S. The topological polar surface area (TPSA) is 78.5 Å². The highest BCUT2D eigenvalue weighted by Crippen LogP contribution is 2.54. The molecule has 1 aliphatic carbocycles. The van der Waals surface area contributed by atoms with Crippen molar-refractivity contribution in [2.45, 2.75) is 56.7 Å². The summed E-state index contributed by atoms with van der Waals surface area (Å²) in [4.78, 5) is 42.1. The lowest BCUT2D eigenvalue weighted by Gasteiger charge is -2.31. The van der Waals surface area contributed by atoms with Crippen molar-refractivity contribution in [3.63, 3.8) is 0 Å². The number of carbonyl (C=O) groups excluding carboxylic acids is 3. The first-order valence-corrected chi connectivity index (χ1v) is 11.9. The Morgan fingerprint density at radius 3 is 2.66 bits per heavy atom. The van der Waals surface area contributed by atoms with Crippen LogP contribution in [-0.2, 0) is 19.9 Å². The number of imide groups is 1. The number of carbonyl (C=O) groups is 3. The summed E-state index contributed by atoms with van der Waals surface area (Å²) in [6.07, 6.45) is 6.67. The van der Waals surface area contributed by atoms with Gasteiger partial charge in [-0.1, -0.05) is 31.0 Å². The molecule has 0 aromatic heterocycles. The lowest BCUT2D eigenvalue weighted by Crippen LogP contribution is -2.54. The first-order valence-electron chi connectivity index (χ1n) is 10.6. The number of aryl methyl sites for hydroxylation is 1. The Morgan fingerprint density at radius 1 is 1.17 bits per heavy atom. The van der Waals surface area contributed by atoms with Crippen LogP contribution in [0.3, 0.4) is 0 Å². The van der Waals surface area contributed by atoms with Crippen molar-refractivity contribution in [3.05, 3.63) is 29.3 Å². The van der Waals surface area contributed by atoms with Gasteiger partial charge in [0.15, 0.2) is 0 Å². The molecule has 0 radical (unpaired) electrons. The number of anilines is 1. The van der Waals surface area contributed by atoms with Gasteiger partial charge in [0.05, 0.1) is 11.8 Å². The van der Waals surface area contributed by atoms with Crippen molar-refractivity contribution in [2.24, 2.45) is 11.8 Å². The molecule has 1 saturated carbocycles. The average molecular weight is 414 g/mol. The fourth-order valence-corrected chi connectivity index (χ4v) is 6.50. The van der Waals surface area contributed by atoms with Crippen LogP contribution in [0.4, 0.5) is 5.69 Å². The van der Waals surface area contributed by atoms with Crippen LogP contribution >= 0.6 is 11.8 Å². The summed E-state index contributed by atoms with van der Waals surface area (Å²) in [6.45, 7) is 1.96. The highest BCUT2D eigenvalue weighted by atomic mass is 32.2. The number of nitrogens with one attached hydrogen (secondary N) is 2. The van der Waals surface area contributed by atoms with Gasteiger partial charge in [-0.05, 0) is 43.8 Å². The number of amides is 3. The molecule has 1 spiro atoms. The molecule has 2 N–H and O–H groups in total. The molecule has 4 aliphatic rings. The van der Waals surface area contributed by atoms with Gasteiger partial charge in [-0.15, -0.1) is 0 Å². The number of thioether (sulfide) groups is 1. The van der Waals surface area contributed by atoms with E-state index in [1.54, 1.807) is 11.8 Å². The number of nitrogens with zero attached hydrogens (tertiary/aromatic N) is 1. The zero-order valence-corrected chi connectivity index (χ0v) is 17.7. The fraction of sp³-hybridized carbons (Fsp3) is 0.591. The van der Waals surface area contributed by atoms with Crippen molar-refractivity contribution < 1.29 is 14.4 Å². The largest absolute Gasteiger partial charge is 0.324 e. The van der Waals surface area contributed by atoms with Gasteiger partial charge in [0.25, 0.3) is 0 Å². The summed E-state index contributed by atoms with van der Waals surface area (Å²) in [5, 5.41) is 6.53. The smallest absolute Gasteiger partial charge is 0.250 e. The lowest BCUT2D eigenvalue weighted by atomic mass is 9.76. The zero-order valence-electron chi connectivity index (χ0n) is 16.9. The Bertz CT molecular complexity index is 897. The van der Waals surface area contributed by atoms with Crippen LogP contribution in [0.25, 0.3) is 0 Å². The summed E-state index contributed by atoms with van der Waals surface area (Å²) >= 11 is 1.72. The average Bonchev–Trinajstić information content (AvgIpc) is 3.44. The molecule has 3 aliphatic heterocycles. The van der Waals surface area contributed by atoms with E-state index in [0.29, 0.717) is 0 Å². The minimum Gasteiger partial charge on any atom is -0.324 e. The number of likely N-dealkylation sites (tertiary alicyclic amines) is 1. The predicted molar refractivity (Wildman–Crippen MR) is 112 cm³/mol. The molecule has 4 atom stereocenters. The number of benzene rings is 1. The Labute approximate surface area is 175 Å². The van der Waals surface area contributed by atoms with Crippen LogP contribution in [0.5, 0.6) is 0 Å². The second kappa shape index (κ2) is 6.84. The van der Waals surface area contributed by atoms with Crippen LogP contribution in [0.1, 0.15) is 43.2 Å². The summed E-state index contributed by atoms with van der Waals surface area (Å²) in [5.74, 6) is -0.674. The van der Waals surface area contributed by atoms with Crippen LogP contribution < -0.4 is 10.6 Å². The molecule has 3 fully saturated rings. The Balaban J connectivity index is 1.63. The molecule has 29 heavy (non-hydrogen) atoms. The van der Waals surface area contributed by atoms with Gasteiger partial charge in [0, 0.05) is 23.3 Å². The number of hydrogen-bond acceptors (Lipinski definition) is 5. The van der Waals surface area contributed by atoms with Crippen LogP contribution in [-0.4, -0.2) is 46.7 Å². The van der Waals surface area contributed by atoms with E-state index >= 15 is 0 Å². The summed E-state index contributed by atoms with van der Waals surface area (Å²) in [6, 6.07) is 5.64. The van der Waals surface area contributed by atoms with Gasteiger partial charge in [-0.2, -0.15) is 11.8 Å². The van der Waals surface area contributed by atoms with E-state index in [-0.39, 0.29) is 29.8 Å². The molecule has 0 unspecified atom stereocenters. The number of hydrogen-bond donors (Lipinski definition) is 2. The van der Waals surface area contributed by atoms with Crippen molar-refractivity contribution in [1.82, 2.24) is 10.2 Å². The Kier molecular flexibility index (Phi) is 4.51. The molecule has 7 heteroatoms. The number of fused-ring (bicyclic) bond motifs is 4. The second-order valence-corrected chi connectivity index (χ2v) is 9.77. The van der Waals surface area contributed by atoms with Crippen LogP contribution in [0.2, 0.25) is 0 Å². The minimum absolute atomic E-state index is 0.000273. The summed E-state index contributed by atoms with van der Waals surface area (Å²) in [5.41, 5.74) is 1.44. The molecule has 1 aromatic rings. The van der Waals surface area contributed by atoms with Crippen molar-refractivity contribution >= 4 is 35.2 Å². The van der Waals surface area contributed by atoms with Gasteiger partial charge in [0.2, 0.25) is 17.7 Å². The van der Waals surface area contributed by atoms with Crippen molar-refractivity contribution in [1.29, 1.82) is 0 Å². The van der Waals surface area contributed by atoms with E-state index in [1.165, 1.54) is 4.90 Å². The molecule has 1 aromatic carbocycles. The first-order chi connectivity index (χ1) is 14.0. The van der Waals surface area contributed by atoms with Gasteiger partial charge in [-0.3, -0.25) is 24.6 Å². The van der Waals surface area contributed by atoms with E-state index in [1.807, 2.05) is 31.4 Å². The van der Waals surface area contributed by atoms with Crippen molar-refractivity contribution in [3.8, 4) is 0 Å². The summed E-state index contributed by atoms with van der Waals surface area (Å²) in [7, 11) is 0. The molecule has 5 rings (SSSR count). The maximum absolute atomic E-state index is 13.7. The first kappa shape index (κ1) is 19.1. The van der Waals surface area contributed by atoms with Gasteiger partial charge >= 0.3 is 0 Å². The summed E-state index contributed by atoms with van der Waals surface area (Å²) < 4.78 is 0. The third-order valence-corrected chi connectivity index (χ3v) is 7.96. The molecule has 6 nitrogen and oxygen atoms in total. The highest BCUT2D eigenvalue weighted by Gasteiger charge is 2.70. The molecule has 154 valence electrons. The lowest BCUT2D eigenvalue weighted by molar-refractivity contribution is -0.145. The molecule has 3 heterocycles. The number of rotatable bonds is 4. The molecular weight excluding hydrogens is 386 g/mol. The maximum atomic E-state index is 13.7. The van der Waals surface area contributed by atoms with Crippen LogP contribution in [0, 0.1) is 18.8 Å². The van der Waals surface area contributed by atoms with Gasteiger partial charge < -0.3 is 5.32 Å². The highest BCUT2D eigenvalue weighted by molar-refractivity contribution is 7.98. The van der Waals surface area contributed by atoms with E-state index in [0.717, 1.165) is 54.7 Å². The minimum atomic E-state index is -1.14. The Hall–Kier alpha value is -1.86. The molecule has 3 amide bonds. The fourth-order valence-electron chi connectivity index (χ4n) is 6.01. The van der Waals surface area contributed by atoms with Crippen LogP contribution in [0.15, 0.2) is 18.2 Å². The molecule has 0 bridgehead atoms. The van der Waals surface area contributed by atoms with E-state index in [2.05, 4.69) is 10.6 Å². The third-order valence-electron chi connectivity index (χ3n) is 7.32. The normalized spacial score (nSPS) is 33.7. The number of para-hydroxylation sites is 1. The Morgan fingerprint density at radius 2 is 1.93 bits per heavy atom. The maximum Gasteiger partial charge on any atom is 0.250 e. The predicted octanol–water partition coefficient (Wildman–Crippen LogP) is 2.41.